The number of hydrogen-bond acceptors (Lipinski definition) is 3. The van der Waals surface area contributed by atoms with Gasteiger partial charge < -0.3 is 0 Å². The molecule has 0 saturated heterocycles. The molecule has 0 aliphatic heterocycles. The van der Waals surface area contributed by atoms with E-state index in [1.165, 1.54) is 0 Å². The van der Waals surface area contributed by atoms with E-state index in [9.17, 15) is 0 Å². The zero-order valence-electron chi connectivity index (χ0n) is 22.0. The summed E-state index contributed by atoms with van der Waals surface area (Å²) < 4.78 is 0. The Balaban J connectivity index is 1.82. The second-order valence-corrected chi connectivity index (χ2v) is 8.66. The maximum absolute atomic E-state index is 4.87. The monoisotopic (exact) mass is 493 g/mol. The standard InChI is InChI=1S/C35H31N3/c1-7-24(6)27-12-18-30(19-13-27)33-36-34(31-20-14-28(15-21-31)25(8-2)9-3)38-35(37-33)32-22-16-29(17-23-32)26(10-4)11-5/h7-23H,1-2,4,6H2,3,5H3/b25-9+,26-11+. The van der Waals surface area contributed by atoms with Crippen molar-refractivity contribution >= 4 is 16.7 Å². The minimum absolute atomic E-state index is 0.606. The van der Waals surface area contributed by atoms with E-state index < -0.39 is 0 Å². The molecule has 0 saturated carbocycles. The molecule has 4 rings (SSSR count). The molecular formula is C35H31N3. The van der Waals surface area contributed by atoms with Crippen LogP contribution in [0.25, 0.3) is 50.9 Å². The lowest BCUT2D eigenvalue weighted by atomic mass is 10.0. The molecule has 186 valence electrons. The molecule has 0 N–H and O–H groups in total. The summed E-state index contributed by atoms with van der Waals surface area (Å²) in [5, 5.41) is 0. The van der Waals surface area contributed by atoms with E-state index >= 15 is 0 Å². The molecule has 1 heterocycles. The second-order valence-electron chi connectivity index (χ2n) is 8.66. The Labute approximate surface area is 225 Å². The van der Waals surface area contributed by atoms with E-state index in [2.05, 4.69) is 50.6 Å². The van der Waals surface area contributed by atoms with Gasteiger partial charge in [0.15, 0.2) is 17.5 Å². The second kappa shape index (κ2) is 11.9. The van der Waals surface area contributed by atoms with Gasteiger partial charge in [0, 0.05) is 16.7 Å². The van der Waals surface area contributed by atoms with Crippen molar-refractivity contribution in [1.82, 2.24) is 15.0 Å². The SMILES string of the molecule is C=CC(=C)c1ccc(-c2nc(-c3ccc(/C(C=C)=C/C)cc3)nc(-c3ccc(/C(C=C)=C/C)cc3)n2)cc1. The smallest absolute Gasteiger partial charge is 0.164 e. The highest BCUT2D eigenvalue weighted by molar-refractivity contribution is 5.77. The van der Waals surface area contributed by atoms with Crippen molar-refractivity contribution in [3.63, 3.8) is 0 Å². The zero-order valence-corrected chi connectivity index (χ0v) is 22.0. The van der Waals surface area contributed by atoms with Crippen molar-refractivity contribution in [2.75, 3.05) is 0 Å². The Kier molecular flexibility index (Phi) is 8.20. The van der Waals surface area contributed by atoms with Crippen molar-refractivity contribution in [3.05, 3.63) is 146 Å². The molecule has 0 fully saturated rings. The largest absolute Gasteiger partial charge is 0.208 e. The molecular weight excluding hydrogens is 462 g/mol. The quantitative estimate of drug-likeness (QED) is 0.218. The lowest BCUT2D eigenvalue weighted by Crippen LogP contribution is -2.00. The zero-order chi connectivity index (χ0) is 27.1. The summed E-state index contributed by atoms with van der Waals surface area (Å²) in [6.07, 6.45) is 9.54. The highest BCUT2D eigenvalue weighted by Crippen LogP contribution is 2.28. The molecule has 0 unspecified atom stereocenters. The van der Waals surface area contributed by atoms with Crippen LogP contribution in [0.15, 0.2) is 129 Å². The van der Waals surface area contributed by atoms with Gasteiger partial charge in [-0.05, 0) is 47.3 Å². The Morgan fingerprint density at radius 3 is 1.08 bits per heavy atom. The lowest BCUT2D eigenvalue weighted by molar-refractivity contribution is 1.07. The van der Waals surface area contributed by atoms with E-state index in [0.717, 1.165) is 50.1 Å². The van der Waals surface area contributed by atoms with E-state index in [0.29, 0.717) is 17.5 Å². The van der Waals surface area contributed by atoms with Gasteiger partial charge in [-0.2, -0.15) is 0 Å². The van der Waals surface area contributed by atoms with Crippen molar-refractivity contribution in [2.45, 2.75) is 13.8 Å². The van der Waals surface area contributed by atoms with Crippen molar-refractivity contribution in [3.8, 4) is 34.2 Å². The van der Waals surface area contributed by atoms with E-state index in [-0.39, 0.29) is 0 Å². The van der Waals surface area contributed by atoms with Crippen LogP contribution in [-0.4, -0.2) is 15.0 Å². The molecule has 4 aromatic rings. The van der Waals surface area contributed by atoms with Crippen LogP contribution < -0.4 is 0 Å². The highest BCUT2D eigenvalue weighted by atomic mass is 15.0. The van der Waals surface area contributed by atoms with Gasteiger partial charge in [0.1, 0.15) is 0 Å². The van der Waals surface area contributed by atoms with Crippen LogP contribution >= 0.6 is 0 Å². The maximum Gasteiger partial charge on any atom is 0.164 e. The molecule has 0 radical (unpaired) electrons. The van der Waals surface area contributed by atoms with Crippen molar-refractivity contribution in [2.24, 2.45) is 0 Å². The Bertz CT molecular complexity index is 1460. The average molecular weight is 494 g/mol. The normalized spacial score (nSPS) is 11.6. The molecule has 3 heteroatoms. The molecule has 0 spiro atoms. The van der Waals surface area contributed by atoms with Gasteiger partial charge >= 0.3 is 0 Å². The van der Waals surface area contributed by atoms with Crippen molar-refractivity contribution in [1.29, 1.82) is 0 Å². The van der Waals surface area contributed by atoms with E-state index in [1.54, 1.807) is 6.08 Å². The molecule has 0 amide bonds. The van der Waals surface area contributed by atoms with Crippen LogP contribution in [0.5, 0.6) is 0 Å². The lowest BCUT2D eigenvalue weighted by Gasteiger charge is -2.10. The molecule has 0 aliphatic carbocycles. The van der Waals surface area contributed by atoms with E-state index in [4.69, 9.17) is 15.0 Å². The van der Waals surface area contributed by atoms with Gasteiger partial charge in [0.05, 0.1) is 0 Å². The minimum atomic E-state index is 0.606. The summed E-state index contributed by atoms with van der Waals surface area (Å²) in [7, 11) is 0. The number of aromatic nitrogens is 3. The fourth-order valence-electron chi connectivity index (χ4n) is 4.14. The third-order valence-electron chi connectivity index (χ3n) is 6.41. The highest BCUT2D eigenvalue weighted by Gasteiger charge is 2.13. The first-order valence-electron chi connectivity index (χ1n) is 12.5. The van der Waals surface area contributed by atoms with Crippen LogP contribution in [0, 0.1) is 0 Å². The fraction of sp³-hybridized carbons (Fsp3) is 0.0571. The third-order valence-corrected chi connectivity index (χ3v) is 6.41. The van der Waals surface area contributed by atoms with Crippen LogP contribution in [0.2, 0.25) is 0 Å². The predicted octanol–water partition coefficient (Wildman–Crippen LogP) is 9.25. The summed E-state index contributed by atoms with van der Waals surface area (Å²) >= 11 is 0. The predicted molar refractivity (Wildman–Crippen MR) is 163 cm³/mol. The van der Waals surface area contributed by atoms with Gasteiger partial charge in [-0.3, -0.25) is 0 Å². The fourth-order valence-corrected chi connectivity index (χ4v) is 4.14. The third kappa shape index (κ3) is 5.58. The molecule has 0 bridgehead atoms. The number of nitrogens with zero attached hydrogens (tertiary/aromatic N) is 3. The molecule has 0 atom stereocenters. The molecule has 3 nitrogen and oxygen atoms in total. The molecule has 1 aromatic heterocycles. The number of benzene rings is 3. The van der Waals surface area contributed by atoms with Crippen LogP contribution in [0.1, 0.15) is 30.5 Å². The Morgan fingerprint density at radius 2 is 0.816 bits per heavy atom. The summed E-state index contributed by atoms with van der Waals surface area (Å²) in [6.45, 7) is 19.7. The van der Waals surface area contributed by atoms with Gasteiger partial charge in [0.2, 0.25) is 0 Å². The first-order valence-corrected chi connectivity index (χ1v) is 12.5. The summed E-state index contributed by atoms with van der Waals surface area (Å²) in [5.74, 6) is 1.83. The topological polar surface area (TPSA) is 38.7 Å². The minimum Gasteiger partial charge on any atom is -0.208 e. The van der Waals surface area contributed by atoms with Gasteiger partial charge in [0.25, 0.3) is 0 Å². The maximum atomic E-state index is 4.87. The van der Waals surface area contributed by atoms with Crippen LogP contribution in [0.3, 0.4) is 0 Å². The first kappa shape index (κ1) is 26.2. The number of allylic oxidation sites excluding steroid dienone is 8. The summed E-state index contributed by atoms with van der Waals surface area (Å²) in [5.41, 5.74) is 8.94. The summed E-state index contributed by atoms with van der Waals surface area (Å²) in [4.78, 5) is 14.6. The Morgan fingerprint density at radius 1 is 0.500 bits per heavy atom. The van der Waals surface area contributed by atoms with Gasteiger partial charge in [-0.15, -0.1) is 0 Å². The van der Waals surface area contributed by atoms with Crippen LogP contribution in [-0.2, 0) is 0 Å². The van der Waals surface area contributed by atoms with Crippen LogP contribution in [0.4, 0.5) is 0 Å². The molecule has 38 heavy (non-hydrogen) atoms. The van der Waals surface area contributed by atoms with Gasteiger partial charge in [-0.25, -0.2) is 15.0 Å². The molecule has 0 aliphatic rings. The van der Waals surface area contributed by atoms with E-state index in [1.807, 2.05) is 86.7 Å². The first-order chi connectivity index (χ1) is 18.5. The van der Waals surface area contributed by atoms with Gasteiger partial charge in [-0.1, -0.05) is 129 Å². The summed E-state index contributed by atoms with van der Waals surface area (Å²) in [6, 6.07) is 24.4. The van der Waals surface area contributed by atoms with Crippen molar-refractivity contribution < 1.29 is 0 Å². The average Bonchev–Trinajstić information content (AvgIpc) is 2.98. The number of hydrogen-bond donors (Lipinski definition) is 0. The Hall–Kier alpha value is -4.89. The number of rotatable bonds is 9. The molecule has 3 aromatic carbocycles.